The Balaban J connectivity index is 2.59. The molecule has 0 aliphatic heterocycles. The van der Waals surface area contributed by atoms with E-state index in [1.165, 1.54) is 0 Å². The summed E-state index contributed by atoms with van der Waals surface area (Å²) in [5.74, 6) is 1.47. The van der Waals surface area contributed by atoms with Gasteiger partial charge in [-0.2, -0.15) is 0 Å². The number of nitrogens with one attached hydrogen (secondary N) is 1. The summed E-state index contributed by atoms with van der Waals surface area (Å²) in [6.45, 7) is 3.93. The van der Waals surface area contributed by atoms with Crippen LogP contribution in [-0.2, 0) is 11.3 Å². The standard InChI is InChI=1S/C14H23NO4/c1-4-19-13-7-5-6-11(14(13)18-3)8-15-9-12(16)10-17-2/h5-7,12,15-16H,4,8-10H2,1-3H3. The molecule has 5 nitrogen and oxygen atoms in total. The van der Waals surface area contributed by atoms with Crippen LogP contribution >= 0.6 is 0 Å². The van der Waals surface area contributed by atoms with Crippen LogP contribution in [0.2, 0.25) is 0 Å². The number of aliphatic hydroxyl groups excluding tert-OH is 1. The Hall–Kier alpha value is -1.30. The van der Waals surface area contributed by atoms with Crippen molar-refractivity contribution in [3.8, 4) is 11.5 Å². The second-order valence-electron chi connectivity index (χ2n) is 4.12. The SMILES string of the molecule is CCOc1cccc(CNCC(O)COC)c1OC. The van der Waals surface area contributed by atoms with Gasteiger partial charge in [-0.25, -0.2) is 0 Å². The molecule has 1 rings (SSSR count). The van der Waals surface area contributed by atoms with E-state index in [9.17, 15) is 5.11 Å². The first-order valence-electron chi connectivity index (χ1n) is 6.39. The lowest BCUT2D eigenvalue weighted by molar-refractivity contribution is 0.0644. The van der Waals surface area contributed by atoms with Crippen LogP contribution in [0.15, 0.2) is 18.2 Å². The number of aliphatic hydroxyl groups is 1. The Morgan fingerprint density at radius 2 is 2.11 bits per heavy atom. The molecular weight excluding hydrogens is 246 g/mol. The quantitative estimate of drug-likeness (QED) is 0.705. The van der Waals surface area contributed by atoms with Gasteiger partial charge in [-0.05, 0) is 13.0 Å². The van der Waals surface area contributed by atoms with Gasteiger partial charge in [-0.3, -0.25) is 0 Å². The van der Waals surface area contributed by atoms with Gasteiger partial charge in [0.1, 0.15) is 0 Å². The van der Waals surface area contributed by atoms with Crippen molar-refractivity contribution >= 4 is 0 Å². The average Bonchev–Trinajstić information content (AvgIpc) is 2.40. The van der Waals surface area contributed by atoms with Crippen molar-refractivity contribution in [2.45, 2.75) is 19.6 Å². The summed E-state index contributed by atoms with van der Waals surface area (Å²) in [6, 6.07) is 5.78. The minimum Gasteiger partial charge on any atom is -0.493 e. The number of rotatable bonds is 9. The lowest BCUT2D eigenvalue weighted by Gasteiger charge is -2.15. The van der Waals surface area contributed by atoms with Crippen molar-refractivity contribution in [2.75, 3.05) is 34.0 Å². The summed E-state index contributed by atoms with van der Waals surface area (Å²) in [6.07, 6.45) is -0.508. The molecule has 0 fully saturated rings. The monoisotopic (exact) mass is 269 g/mol. The van der Waals surface area contributed by atoms with E-state index in [-0.39, 0.29) is 0 Å². The molecule has 0 bridgehead atoms. The highest BCUT2D eigenvalue weighted by molar-refractivity contribution is 5.46. The van der Waals surface area contributed by atoms with Crippen LogP contribution < -0.4 is 14.8 Å². The topological polar surface area (TPSA) is 60.0 Å². The second-order valence-corrected chi connectivity index (χ2v) is 4.12. The molecule has 1 aromatic carbocycles. The molecule has 0 radical (unpaired) electrons. The number of benzene rings is 1. The molecule has 0 aliphatic carbocycles. The predicted molar refractivity (Wildman–Crippen MR) is 73.8 cm³/mol. The summed E-state index contributed by atoms with van der Waals surface area (Å²) >= 11 is 0. The van der Waals surface area contributed by atoms with Gasteiger partial charge in [0.25, 0.3) is 0 Å². The van der Waals surface area contributed by atoms with Gasteiger partial charge in [0, 0.05) is 25.8 Å². The Bertz CT molecular complexity index is 370. The largest absolute Gasteiger partial charge is 0.493 e. The lowest BCUT2D eigenvalue weighted by atomic mass is 10.2. The lowest BCUT2D eigenvalue weighted by Crippen LogP contribution is -2.29. The molecule has 0 heterocycles. The molecule has 1 unspecified atom stereocenters. The molecule has 2 N–H and O–H groups in total. The van der Waals surface area contributed by atoms with E-state index in [1.54, 1.807) is 14.2 Å². The smallest absolute Gasteiger partial charge is 0.165 e. The van der Waals surface area contributed by atoms with Crippen LogP contribution in [0.5, 0.6) is 11.5 Å². The maximum atomic E-state index is 9.55. The van der Waals surface area contributed by atoms with Gasteiger partial charge in [0.2, 0.25) is 0 Å². The van der Waals surface area contributed by atoms with Gasteiger partial charge in [-0.1, -0.05) is 12.1 Å². The van der Waals surface area contributed by atoms with Gasteiger partial charge in [0.05, 0.1) is 26.4 Å². The maximum Gasteiger partial charge on any atom is 0.165 e. The van der Waals surface area contributed by atoms with Gasteiger partial charge in [-0.15, -0.1) is 0 Å². The zero-order valence-electron chi connectivity index (χ0n) is 11.8. The van der Waals surface area contributed by atoms with Crippen molar-refractivity contribution in [2.24, 2.45) is 0 Å². The average molecular weight is 269 g/mol. The van der Waals surface area contributed by atoms with Crippen molar-refractivity contribution < 1.29 is 19.3 Å². The Morgan fingerprint density at radius 1 is 1.32 bits per heavy atom. The highest BCUT2D eigenvalue weighted by atomic mass is 16.5. The van der Waals surface area contributed by atoms with Crippen LogP contribution in [-0.4, -0.2) is 45.2 Å². The molecule has 0 saturated carbocycles. The van der Waals surface area contributed by atoms with E-state index in [2.05, 4.69) is 5.32 Å². The molecule has 108 valence electrons. The van der Waals surface area contributed by atoms with Crippen molar-refractivity contribution in [1.29, 1.82) is 0 Å². The third kappa shape index (κ3) is 5.06. The Kier molecular flexibility index (Phi) is 7.25. The molecule has 1 atom stereocenters. The molecule has 0 saturated heterocycles. The highest BCUT2D eigenvalue weighted by Crippen LogP contribution is 2.30. The predicted octanol–water partition coefficient (Wildman–Crippen LogP) is 1.19. The van der Waals surface area contributed by atoms with E-state index < -0.39 is 6.10 Å². The van der Waals surface area contributed by atoms with Crippen molar-refractivity contribution in [3.05, 3.63) is 23.8 Å². The summed E-state index contributed by atoms with van der Waals surface area (Å²) in [7, 11) is 3.19. The van der Waals surface area contributed by atoms with Crippen LogP contribution in [0, 0.1) is 0 Å². The van der Waals surface area contributed by atoms with Gasteiger partial charge < -0.3 is 24.6 Å². The zero-order chi connectivity index (χ0) is 14.1. The molecule has 0 aromatic heterocycles. The van der Waals surface area contributed by atoms with E-state index in [0.29, 0.717) is 26.3 Å². The zero-order valence-corrected chi connectivity index (χ0v) is 11.8. The van der Waals surface area contributed by atoms with E-state index >= 15 is 0 Å². The molecule has 19 heavy (non-hydrogen) atoms. The number of para-hydroxylation sites is 1. The Labute approximate surface area is 114 Å². The minimum atomic E-state index is -0.508. The molecule has 5 heteroatoms. The number of hydrogen-bond acceptors (Lipinski definition) is 5. The third-order valence-corrected chi connectivity index (χ3v) is 2.62. The summed E-state index contributed by atoms with van der Waals surface area (Å²) in [5.41, 5.74) is 0.998. The Morgan fingerprint density at radius 3 is 2.74 bits per heavy atom. The van der Waals surface area contributed by atoms with Gasteiger partial charge in [0.15, 0.2) is 11.5 Å². The fourth-order valence-corrected chi connectivity index (χ4v) is 1.83. The first-order valence-corrected chi connectivity index (χ1v) is 6.39. The van der Waals surface area contributed by atoms with Crippen LogP contribution in [0.1, 0.15) is 12.5 Å². The molecular formula is C14H23NO4. The van der Waals surface area contributed by atoms with E-state index in [1.807, 2.05) is 25.1 Å². The van der Waals surface area contributed by atoms with Crippen LogP contribution in [0.3, 0.4) is 0 Å². The number of methoxy groups -OCH3 is 2. The molecule has 0 aliphatic rings. The van der Waals surface area contributed by atoms with Gasteiger partial charge >= 0.3 is 0 Å². The summed E-state index contributed by atoms with van der Waals surface area (Å²) < 4.78 is 15.8. The van der Waals surface area contributed by atoms with E-state index in [0.717, 1.165) is 17.1 Å². The first kappa shape index (κ1) is 15.8. The van der Waals surface area contributed by atoms with Crippen molar-refractivity contribution in [1.82, 2.24) is 5.32 Å². The summed E-state index contributed by atoms with van der Waals surface area (Å²) in [4.78, 5) is 0. The number of hydrogen-bond donors (Lipinski definition) is 2. The molecule has 0 amide bonds. The maximum absolute atomic E-state index is 9.55. The second kappa shape index (κ2) is 8.74. The summed E-state index contributed by atoms with van der Waals surface area (Å²) in [5, 5.41) is 12.7. The third-order valence-electron chi connectivity index (χ3n) is 2.62. The first-order chi connectivity index (χ1) is 9.22. The van der Waals surface area contributed by atoms with Crippen molar-refractivity contribution in [3.63, 3.8) is 0 Å². The minimum absolute atomic E-state index is 0.323. The van der Waals surface area contributed by atoms with E-state index in [4.69, 9.17) is 14.2 Å². The highest BCUT2D eigenvalue weighted by Gasteiger charge is 2.10. The normalized spacial score (nSPS) is 12.2. The molecule has 1 aromatic rings. The fourth-order valence-electron chi connectivity index (χ4n) is 1.83. The molecule has 0 spiro atoms. The number of ether oxygens (including phenoxy) is 3. The van der Waals surface area contributed by atoms with Crippen LogP contribution in [0.4, 0.5) is 0 Å². The fraction of sp³-hybridized carbons (Fsp3) is 0.571. The van der Waals surface area contributed by atoms with Crippen LogP contribution in [0.25, 0.3) is 0 Å².